The van der Waals surface area contributed by atoms with Gasteiger partial charge in [0.1, 0.15) is 0 Å². The standard InChI is InChI=1S/C21H32N2/c1-2-5-20(4-1)22-16-17-8-10-18(11-9-17)19-12-14-23(15-13-19)21-6-3-7-21/h8-11,19-22H,1-7,12-16H2. The zero-order valence-electron chi connectivity index (χ0n) is 14.5. The lowest BCUT2D eigenvalue weighted by molar-refractivity contribution is 0.0975. The molecule has 1 saturated heterocycles. The summed E-state index contributed by atoms with van der Waals surface area (Å²) in [5.74, 6) is 0.795. The first-order valence-electron chi connectivity index (χ1n) is 9.95. The Morgan fingerprint density at radius 3 is 2.13 bits per heavy atom. The first-order valence-corrected chi connectivity index (χ1v) is 9.95. The molecule has 126 valence electrons. The molecule has 1 heterocycles. The van der Waals surface area contributed by atoms with Gasteiger partial charge in [-0.25, -0.2) is 0 Å². The van der Waals surface area contributed by atoms with Gasteiger partial charge in [-0.3, -0.25) is 0 Å². The maximum atomic E-state index is 3.72. The lowest BCUT2D eigenvalue weighted by atomic mass is 9.85. The van der Waals surface area contributed by atoms with E-state index in [4.69, 9.17) is 0 Å². The zero-order valence-corrected chi connectivity index (χ0v) is 14.5. The number of benzene rings is 1. The monoisotopic (exact) mass is 312 g/mol. The van der Waals surface area contributed by atoms with Crippen molar-refractivity contribution in [2.75, 3.05) is 13.1 Å². The molecule has 0 spiro atoms. The van der Waals surface area contributed by atoms with Gasteiger partial charge in [0.05, 0.1) is 0 Å². The van der Waals surface area contributed by atoms with Gasteiger partial charge in [0.15, 0.2) is 0 Å². The molecule has 2 saturated carbocycles. The highest BCUT2D eigenvalue weighted by atomic mass is 15.2. The lowest BCUT2D eigenvalue weighted by Gasteiger charge is -2.42. The Balaban J connectivity index is 1.26. The molecule has 3 fully saturated rings. The highest BCUT2D eigenvalue weighted by Crippen LogP contribution is 2.33. The quantitative estimate of drug-likeness (QED) is 0.864. The number of likely N-dealkylation sites (tertiary alicyclic amines) is 1. The fraction of sp³-hybridized carbons (Fsp3) is 0.714. The normalized spacial score (nSPS) is 24.9. The number of nitrogens with zero attached hydrogens (tertiary/aromatic N) is 1. The van der Waals surface area contributed by atoms with E-state index in [0.717, 1.165) is 24.5 Å². The second-order valence-electron chi connectivity index (χ2n) is 8.00. The number of hydrogen-bond acceptors (Lipinski definition) is 2. The van der Waals surface area contributed by atoms with Crippen LogP contribution in [-0.4, -0.2) is 30.1 Å². The molecule has 23 heavy (non-hydrogen) atoms. The Morgan fingerprint density at radius 1 is 0.826 bits per heavy atom. The Kier molecular flexibility index (Phi) is 5.01. The average molecular weight is 313 g/mol. The van der Waals surface area contributed by atoms with E-state index in [1.807, 2.05) is 0 Å². The van der Waals surface area contributed by atoms with Crippen molar-refractivity contribution in [2.45, 2.75) is 82.3 Å². The zero-order chi connectivity index (χ0) is 15.5. The molecular weight excluding hydrogens is 280 g/mol. The third-order valence-electron chi connectivity index (χ3n) is 6.52. The Bertz CT molecular complexity index is 477. The van der Waals surface area contributed by atoms with Crippen LogP contribution in [0.2, 0.25) is 0 Å². The van der Waals surface area contributed by atoms with Gasteiger partial charge in [-0.2, -0.15) is 0 Å². The third-order valence-corrected chi connectivity index (χ3v) is 6.52. The van der Waals surface area contributed by atoms with Gasteiger partial charge in [0.25, 0.3) is 0 Å². The second-order valence-corrected chi connectivity index (χ2v) is 8.00. The molecule has 1 aliphatic heterocycles. The Morgan fingerprint density at radius 2 is 1.52 bits per heavy atom. The van der Waals surface area contributed by atoms with Crippen molar-refractivity contribution in [1.29, 1.82) is 0 Å². The summed E-state index contributed by atoms with van der Waals surface area (Å²) in [6, 6.07) is 11.2. The summed E-state index contributed by atoms with van der Waals surface area (Å²) in [5.41, 5.74) is 3.02. The van der Waals surface area contributed by atoms with Crippen LogP contribution in [0.4, 0.5) is 0 Å². The minimum absolute atomic E-state index is 0.769. The van der Waals surface area contributed by atoms with Crippen molar-refractivity contribution < 1.29 is 0 Å². The van der Waals surface area contributed by atoms with E-state index in [2.05, 4.69) is 34.5 Å². The fourth-order valence-corrected chi connectivity index (χ4v) is 4.65. The summed E-state index contributed by atoms with van der Waals surface area (Å²) in [7, 11) is 0. The average Bonchev–Trinajstić information content (AvgIpc) is 3.06. The molecule has 0 atom stereocenters. The van der Waals surface area contributed by atoms with Crippen molar-refractivity contribution in [1.82, 2.24) is 10.2 Å². The van der Waals surface area contributed by atoms with Crippen molar-refractivity contribution in [3.05, 3.63) is 35.4 Å². The summed E-state index contributed by atoms with van der Waals surface area (Å²) >= 11 is 0. The maximum Gasteiger partial charge on any atom is 0.0208 e. The molecule has 1 aromatic carbocycles. The van der Waals surface area contributed by atoms with E-state index in [1.54, 1.807) is 5.56 Å². The minimum Gasteiger partial charge on any atom is -0.310 e. The number of rotatable bonds is 5. The van der Waals surface area contributed by atoms with Crippen LogP contribution in [0.25, 0.3) is 0 Å². The van der Waals surface area contributed by atoms with Crippen LogP contribution in [0.5, 0.6) is 0 Å². The van der Waals surface area contributed by atoms with Gasteiger partial charge in [-0.15, -0.1) is 0 Å². The van der Waals surface area contributed by atoms with Crippen LogP contribution in [-0.2, 0) is 6.54 Å². The van der Waals surface area contributed by atoms with Gasteiger partial charge in [0, 0.05) is 18.6 Å². The third kappa shape index (κ3) is 3.80. The predicted octanol–water partition coefficient (Wildman–Crippen LogP) is 4.45. The van der Waals surface area contributed by atoms with E-state index >= 15 is 0 Å². The van der Waals surface area contributed by atoms with Crippen LogP contribution in [0.15, 0.2) is 24.3 Å². The molecule has 4 rings (SSSR count). The molecule has 1 aromatic rings. The van der Waals surface area contributed by atoms with Crippen molar-refractivity contribution in [3.8, 4) is 0 Å². The van der Waals surface area contributed by atoms with Gasteiger partial charge >= 0.3 is 0 Å². The Hall–Kier alpha value is -0.860. The molecule has 0 bridgehead atoms. The maximum absolute atomic E-state index is 3.72. The van der Waals surface area contributed by atoms with E-state index in [1.165, 1.54) is 76.4 Å². The second kappa shape index (κ2) is 7.36. The van der Waals surface area contributed by atoms with Gasteiger partial charge in [-0.1, -0.05) is 43.5 Å². The first kappa shape index (κ1) is 15.7. The SMILES string of the molecule is c1cc(C2CCN(C3CCC3)CC2)ccc1CNC1CCCC1. The summed E-state index contributed by atoms with van der Waals surface area (Å²) in [5, 5.41) is 3.72. The number of piperidine rings is 1. The molecule has 3 aliphatic rings. The van der Waals surface area contributed by atoms with E-state index in [9.17, 15) is 0 Å². The highest BCUT2D eigenvalue weighted by molar-refractivity contribution is 5.26. The molecule has 2 aliphatic carbocycles. The van der Waals surface area contributed by atoms with Crippen molar-refractivity contribution in [2.24, 2.45) is 0 Å². The van der Waals surface area contributed by atoms with Gasteiger partial charge in [-0.05, 0) is 68.7 Å². The molecule has 0 aromatic heterocycles. The molecule has 0 radical (unpaired) electrons. The fourth-order valence-electron chi connectivity index (χ4n) is 4.65. The predicted molar refractivity (Wildman–Crippen MR) is 96.7 cm³/mol. The van der Waals surface area contributed by atoms with Crippen molar-refractivity contribution in [3.63, 3.8) is 0 Å². The Labute approximate surface area is 141 Å². The molecule has 0 unspecified atom stereocenters. The minimum atomic E-state index is 0.769. The molecule has 2 heteroatoms. The van der Waals surface area contributed by atoms with Crippen LogP contribution in [0, 0.1) is 0 Å². The van der Waals surface area contributed by atoms with Crippen LogP contribution < -0.4 is 5.32 Å². The molecule has 1 N–H and O–H groups in total. The van der Waals surface area contributed by atoms with Crippen LogP contribution in [0.1, 0.15) is 74.8 Å². The number of hydrogen-bond donors (Lipinski definition) is 1. The van der Waals surface area contributed by atoms with Gasteiger partial charge in [0.2, 0.25) is 0 Å². The largest absolute Gasteiger partial charge is 0.310 e. The van der Waals surface area contributed by atoms with Crippen molar-refractivity contribution >= 4 is 0 Å². The highest BCUT2D eigenvalue weighted by Gasteiger charge is 2.29. The summed E-state index contributed by atoms with van der Waals surface area (Å²) < 4.78 is 0. The van der Waals surface area contributed by atoms with Gasteiger partial charge < -0.3 is 10.2 Å². The van der Waals surface area contributed by atoms with E-state index in [-0.39, 0.29) is 0 Å². The summed E-state index contributed by atoms with van der Waals surface area (Å²) in [4.78, 5) is 2.75. The van der Waals surface area contributed by atoms with E-state index < -0.39 is 0 Å². The topological polar surface area (TPSA) is 15.3 Å². The smallest absolute Gasteiger partial charge is 0.0208 e. The molecule has 0 amide bonds. The number of nitrogens with one attached hydrogen (secondary N) is 1. The molecular formula is C21H32N2. The summed E-state index contributed by atoms with van der Waals surface area (Å²) in [6.07, 6.45) is 12.6. The first-order chi connectivity index (χ1) is 11.4. The van der Waals surface area contributed by atoms with Crippen LogP contribution >= 0.6 is 0 Å². The van der Waals surface area contributed by atoms with E-state index in [0.29, 0.717) is 0 Å². The van der Waals surface area contributed by atoms with Crippen LogP contribution in [0.3, 0.4) is 0 Å². The lowest BCUT2D eigenvalue weighted by Crippen LogP contribution is -2.44. The molecule has 2 nitrogen and oxygen atoms in total. The summed E-state index contributed by atoms with van der Waals surface area (Å²) in [6.45, 7) is 3.69.